The van der Waals surface area contributed by atoms with Crippen LogP contribution in [0.3, 0.4) is 0 Å². The molecule has 3 rings (SSSR count). The Morgan fingerprint density at radius 2 is 1.86 bits per heavy atom. The molecule has 2 aromatic heterocycles. The molecule has 8 heteroatoms. The minimum atomic E-state index is -3.69. The van der Waals surface area contributed by atoms with E-state index in [0.717, 1.165) is 5.56 Å². The lowest BCUT2D eigenvalue weighted by Crippen LogP contribution is -2.15. The molecule has 0 bridgehead atoms. The molecule has 3 aromatic rings. The zero-order valence-corrected chi connectivity index (χ0v) is 15.3. The van der Waals surface area contributed by atoms with Crippen LogP contribution in [-0.2, 0) is 10.0 Å². The normalized spacial score (nSPS) is 12.0. The molecule has 0 aliphatic carbocycles. The van der Waals surface area contributed by atoms with Crippen molar-refractivity contribution in [3.05, 3.63) is 50.5 Å². The van der Waals surface area contributed by atoms with E-state index in [0.29, 0.717) is 19.3 Å². The molecule has 2 heterocycles. The minimum Gasteiger partial charge on any atom is -0.229 e. The summed E-state index contributed by atoms with van der Waals surface area (Å²) >= 11 is 5.30. The maximum absolute atomic E-state index is 12.8. The van der Waals surface area contributed by atoms with Crippen molar-refractivity contribution in [3.8, 4) is 0 Å². The van der Waals surface area contributed by atoms with E-state index in [1.165, 1.54) is 10.3 Å². The summed E-state index contributed by atoms with van der Waals surface area (Å²) in [5.41, 5.74) is 1.37. The summed E-state index contributed by atoms with van der Waals surface area (Å²) in [4.78, 5) is 8.37. The lowest BCUT2D eigenvalue weighted by atomic mass is 10.2. The fourth-order valence-electron chi connectivity index (χ4n) is 1.97. The number of nitrogens with zero attached hydrogens (tertiary/aromatic N) is 3. The van der Waals surface area contributed by atoms with Crippen molar-refractivity contribution in [1.82, 2.24) is 13.9 Å². The average molecular weight is 478 g/mol. The Morgan fingerprint density at radius 1 is 1.19 bits per heavy atom. The number of halogens is 2. The Morgan fingerprint density at radius 3 is 2.52 bits per heavy atom. The third-order valence-corrected chi connectivity index (χ3v) is 6.49. The molecule has 0 saturated heterocycles. The van der Waals surface area contributed by atoms with Crippen LogP contribution in [0.5, 0.6) is 0 Å². The summed E-state index contributed by atoms with van der Waals surface area (Å²) in [5.74, 6) is 0. The predicted molar refractivity (Wildman–Crippen MR) is 91.7 cm³/mol. The second-order valence-electron chi connectivity index (χ2n) is 4.45. The molecule has 0 N–H and O–H groups in total. The van der Waals surface area contributed by atoms with Gasteiger partial charge in [-0.15, -0.1) is 0 Å². The Hall–Kier alpha value is -1.00. The molecule has 0 fully saturated rings. The monoisotopic (exact) mass is 477 g/mol. The largest absolute Gasteiger partial charge is 0.270 e. The molecule has 108 valence electrons. The van der Waals surface area contributed by atoms with Crippen LogP contribution in [-0.4, -0.2) is 22.4 Å². The van der Waals surface area contributed by atoms with Crippen LogP contribution in [0.15, 0.2) is 46.2 Å². The highest BCUT2D eigenvalue weighted by molar-refractivity contribution is 14.1. The zero-order valence-electron chi connectivity index (χ0n) is 10.8. The molecule has 0 aliphatic heterocycles. The first-order chi connectivity index (χ1) is 9.91. The highest BCUT2D eigenvalue weighted by Crippen LogP contribution is 2.28. The average Bonchev–Trinajstić information content (AvgIpc) is 2.77. The minimum absolute atomic E-state index is 0.234. The van der Waals surface area contributed by atoms with Gasteiger partial charge in [-0.1, -0.05) is 17.7 Å². The van der Waals surface area contributed by atoms with Crippen LogP contribution in [0.1, 0.15) is 5.56 Å². The molecule has 5 nitrogen and oxygen atoms in total. The first-order valence-electron chi connectivity index (χ1n) is 5.91. The molecule has 1 aromatic carbocycles. The van der Waals surface area contributed by atoms with E-state index in [9.17, 15) is 8.42 Å². The molecule has 0 saturated carbocycles. The van der Waals surface area contributed by atoms with Crippen LogP contribution in [0, 0.1) is 10.6 Å². The van der Waals surface area contributed by atoms with E-state index in [1.807, 2.05) is 29.5 Å². The van der Waals surface area contributed by atoms with E-state index < -0.39 is 10.0 Å². The summed E-state index contributed by atoms with van der Waals surface area (Å²) in [6.07, 6.45) is 1.34. The molecule has 0 amide bonds. The Kier molecular flexibility index (Phi) is 3.78. The van der Waals surface area contributed by atoms with E-state index in [4.69, 9.17) is 0 Å². The van der Waals surface area contributed by atoms with Gasteiger partial charge in [0.15, 0.2) is 5.65 Å². The lowest BCUT2D eigenvalue weighted by Gasteiger charge is -2.08. The van der Waals surface area contributed by atoms with Crippen LogP contribution in [0.25, 0.3) is 11.0 Å². The van der Waals surface area contributed by atoms with Crippen molar-refractivity contribution in [2.45, 2.75) is 11.8 Å². The topological polar surface area (TPSA) is 64.8 Å². The van der Waals surface area contributed by atoms with Gasteiger partial charge < -0.3 is 0 Å². The van der Waals surface area contributed by atoms with Crippen LogP contribution < -0.4 is 0 Å². The van der Waals surface area contributed by atoms with Crippen molar-refractivity contribution in [2.24, 2.45) is 0 Å². The van der Waals surface area contributed by atoms with Crippen molar-refractivity contribution < 1.29 is 8.42 Å². The van der Waals surface area contributed by atoms with Gasteiger partial charge in [0.25, 0.3) is 10.0 Å². The highest BCUT2D eigenvalue weighted by Gasteiger charge is 2.23. The van der Waals surface area contributed by atoms with Gasteiger partial charge in [0, 0.05) is 0 Å². The van der Waals surface area contributed by atoms with Gasteiger partial charge in [-0.05, 0) is 63.6 Å². The summed E-state index contributed by atoms with van der Waals surface area (Å²) in [6.45, 7) is 1.91. The van der Waals surface area contributed by atoms with Crippen LogP contribution in [0.2, 0.25) is 0 Å². The Bertz CT molecular complexity index is 936. The Balaban J connectivity index is 2.31. The van der Waals surface area contributed by atoms with Gasteiger partial charge in [0.2, 0.25) is 0 Å². The van der Waals surface area contributed by atoms with E-state index in [2.05, 4.69) is 25.9 Å². The second-order valence-corrected chi connectivity index (χ2v) is 8.09. The number of aryl methyl sites for hydroxylation is 1. The quantitative estimate of drug-likeness (QED) is 0.419. The highest BCUT2D eigenvalue weighted by atomic mass is 127. The lowest BCUT2D eigenvalue weighted by molar-refractivity contribution is 0.587. The van der Waals surface area contributed by atoms with E-state index >= 15 is 0 Å². The third kappa shape index (κ3) is 2.49. The molecule has 0 spiro atoms. The summed E-state index contributed by atoms with van der Waals surface area (Å²) in [7, 11) is -3.69. The maximum Gasteiger partial charge on any atom is 0.270 e. The maximum atomic E-state index is 12.8. The number of fused-ring (bicyclic) bond motifs is 1. The van der Waals surface area contributed by atoms with Crippen LogP contribution >= 0.6 is 38.5 Å². The summed E-state index contributed by atoms with van der Waals surface area (Å²) in [5, 5.41) is 0.664. The van der Waals surface area contributed by atoms with Crippen molar-refractivity contribution in [1.29, 1.82) is 0 Å². The number of benzene rings is 1. The van der Waals surface area contributed by atoms with Gasteiger partial charge in [-0.2, -0.15) is 0 Å². The smallest absolute Gasteiger partial charge is 0.229 e. The first kappa shape index (κ1) is 14.9. The van der Waals surface area contributed by atoms with Gasteiger partial charge in [0.05, 0.1) is 14.0 Å². The number of hydrogen-bond donors (Lipinski definition) is 0. The SMILES string of the molecule is Cc1ccc(S(=O)(=O)n2c(I)cc3c(Br)ncnc32)cc1. The van der Waals surface area contributed by atoms with Gasteiger partial charge in [0.1, 0.15) is 10.9 Å². The van der Waals surface area contributed by atoms with Gasteiger partial charge in [-0.3, -0.25) is 0 Å². The zero-order chi connectivity index (χ0) is 15.2. The molecule has 0 aliphatic rings. The molecule has 21 heavy (non-hydrogen) atoms. The van der Waals surface area contributed by atoms with E-state index in [-0.39, 0.29) is 4.90 Å². The number of aromatic nitrogens is 3. The van der Waals surface area contributed by atoms with Gasteiger partial charge >= 0.3 is 0 Å². The number of rotatable bonds is 2. The van der Waals surface area contributed by atoms with E-state index in [1.54, 1.807) is 30.3 Å². The molecule has 0 atom stereocenters. The fourth-order valence-corrected chi connectivity index (χ4v) is 5.02. The Labute approximate surface area is 143 Å². The first-order valence-corrected chi connectivity index (χ1v) is 9.22. The number of hydrogen-bond acceptors (Lipinski definition) is 4. The predicted octanol–water partition coefficient (Wildman–Crippen LogP) is 3.34. The third-order valence-electron chi connectivity index (χ3n) is 3.02. The van der Waals surface area contributed by atoms with Crippen molar-refractivity contribution in [3.63, 3.8) is 0 Å². The summed E-state index contributed by atoms with van der Waals surface area (Å²) in [6, 6.07) is 8.49. The van der Waals surface area contributed by atoms with Gasteiger partial charge in [-0.25, -0.2) is 22.4 Å². The molecular weight excluding hydrogens is 469 g/mol. The molecule has 0 radical (unpaired) electrons. The van der Waals surface area contributed by atoms with Crippen molar-refractivity contribution >= 4 is 59.6 Å². The standard InChI is InChI=1S/C13H9BrIN3O2S/c1-8-2-4-9(5-3-8)21(19,20)18-11(15)6-10-12(14)16-7-17-13(10)18/h2-7H,1H3. The van der Waals surface area contributed by atoms with Crippen molar-refractivity contribution in [2.75, 3.05) is 0 Å². The molecule has 0 unspecified atom stereocenters. The summed E-state index contributed by atoms with van der Waals surface area (Å²) < 4.78 is 28.0. The second kappa shape index (κ2) is 5.33. The molecular formula is C13H9BrIN3O2S. The fraction of sp³-hybridized carbons (Fsp3) is 0.0769. The van der Waals surface area contributed by atoms with Crippen LogP contribution in [0.4, 0.5) is 0 Å².